The molecule has 82 valence electrons. The van der Waals surface area contributed by atoms with Crippen LogP contribution >= 0.6 is 0 Å². The molecule has 0 radical (unpaired) electrons. The van der Waals surface area contributed by atoms with Crippen LogP contribution in [-0.2, 0) is 9.59 Å². The smallest absolute Gasteiger partial charge is 0.225 e. The molecule has 0 fully saturated rings. The lowest BCUT2D eigenvalue weighted by Crippen LogP contribution is -2.42. The van der Waals surface area contributed by atoms with Crippen molar-refractivity contribution in [3.8, 4) is 0 Å². The van der Waals surface area contributed by atoms with E-state index >= 15 is 0 Å². The van der Waals surface area contributed by atoms with Gasteiger partial charge in [-0.3, -0.25) is 4.79 Å². The van der Waals surface area contributed by atoms with Gasteiger partial charge in [-0.15, -0.1) is 0 Å². The van der Waals surface area contributed by atoms with Gasteiger partial charge < -0.3 is 10.1 Å². The van der Waals surface area contributed by atoms with Gasteiger partial charge in [-0.1, -0.05) is 40.5 Å². The molecule has 0 aromatic carbocycles. The van der Waals surface area contributed by atoms with Gasteiger partial charge in [0, 0.05) is 5.41 Å². The summed E-state index contributed by atoms with van der Waals surface area (Å²) in [5, 5.41) is 2.73. The molecule has 1 atom stereocenters. The molecule has 0 aromatic rings. The molecule has 0 saturated heterocycles. The largest absolute Gasteiger partial charge is 0.346 e. The van der Waals surface area contributed by atoms with Crippen LogP contribution in [-0.4, -0.2) is 18.2 Å². The van der Waals surface area contributed by atoms with Crippen LogP contribution in [0, 0.1) is 5.41 Å². The minimum atomic E-state index is -0.423. The van der Waals surface area contributed by atoms with E-state index in [0.717, 1.165) is 25.5 Å². The lowest BCUT2D eigenvalue weighted by atomic mass is 9.95. The third-order valence-electron chi connectivity index (χ3n) is 2.03. The zero-order chi connectivity index (χ0) is 11.2. The molecule has 0 aliphatic carbocycles. The van der Waals surface area contributed by atoms with E-state index in [4.69, 9.17) is 0 Å². The van der Waals surface area contributed by atoms with E-state index < -0.39 is 5.41 Å². The Hall–Kier alpha value is -0.860. The minimum absolute atomic E-state index is 0.0642. The minimum Gasteiger partial charge on any atom is -0.346 e. The number of hydrogen-bond donors (Lipinski definition) is 1. The second-order valence-corrected chi connectivity index (χ2v) is 4.61. The molecular formula is C11H21NO2. The maximum Gasteiger partial charge on any atom is 0.225 e. The van der Waals surface area contributed by atoms with Crippen molar-refractivity contribution in [2.75, 3.05) is 0 Å². The summed E-state index contributed by atoms with van der Waals surface area (Å²) in [5.74, 6) is -0.0642. The topological polar surface area (TPSA) is 46.2 Å². The van der Waals surface area contributed by atoms with Crippen LogP contribution < -0.4 is 5.32 Å². The number of carbonyl (C=O) groups is 2. The first-order valence-corrected chi connectivity index (χ1v) is 5.18. The van der Waals surface area contributed by atoms with E-state index in [2.05, 4.69) is 12.2 Å². The summed E-state index contributed by atoms with van der Waals surface area (Å²) in [7, 11) is 0. The molecular weight excluding hydrogens is 178 g/mol. The van der Waals surface area contributed by atoms with Crippen molar-refractivity contribution in [3.05, 3.63) is 0 Å². The van der Waals surface area contributed by atoms with Gasteiger partial charge in [0.05, 0.1) is 6.04 Å². The third kappa shape index (κ3) is 5.00. The molecule has 0 saturated carbocycles. The Labute approximate surface area is 86.3 Å². The van der Waals surface area contributed by atoms with Crippen LogP contribution in [0.4, 0.5) is 0 Å². The summed E-state index contributed by atoms with van der Waals surface area (Å²) in [6.45, 7) is 7.57. The first kappa shape index (κ1) is 13.1. The average molecular weight is 199 g/mol. The quantitative estimate of drug-likeness (QED) is 0.687. The van der Waals surface area contributed by atoms with Gasteiger partial charge in [0.15, 0.2) is 0 Å². The van der Waals surface area contributed by atoms with Crippen LogP contribution in [0.5, 0.6) is 0 Å². The van der Waals surface area contributed by atoms with Crippen molar-refractivity contribution >= 4 is 12.2 Å². The summed E-state index contributed by atoms with van der Waals surface area (Å²) in [6.07, 6.45) is 3.56. The lowest BCUT2D eigenvalue weighted by Gasteiger charge is -2.20. The molecule has 0 spiro atoms. The number of amides is 1. The monoisotopic (exact) mass is 199 g/mol. The standard InChI is InChI=1S/C11H21NO2/c1-5-6-7-9(8-13)12-10(14)11(2,3)4/h8-9H,5-7H2,1-4H3,(H,12,14). The van der Waals surface area contributed by atoms with Crippen molar-refractivity contribution in [1.82, 2.24) is 5.32 Å². The number of rotatable bonds is 5. The number of nitrogens with one attached hydrogen (secondary N) is 1. The molecule has 0 rings (SSSR count). The van der Waals surface area contributed by atoms with E-state index in [0.29, 0.717) is 0 Å². The van der Waals surface area contributed by atoms with Crippen molar-refractivity contribution in [2.45, 2.75) is 53.0 Å². The van der Waals surface area contributed by atoms with E-state index in [9.17, 15) is 9.59 Å². The van der Waals surface area contributed by atoms with Gasteiger partial charge >= 0.3 is 0 Å². The molecule has 14 heavy (non-hydrogen) atoms. The highest BCUT2D eigenvalue weighted by Gasteiger charge is 2.23. The molecule has 0 aliphatic heterocycles. The highest BCUT2D eigenvalue weighted by Crippen LogP contribution is 2.13. The van der Waals surface area contributed by atoms with E-state index in [1.165, 1.54) is 0 Å². The van der Waals surface area contributed by atoms with Gasteiger partial charge in [-0.25, -0.2) is 0 Å². The maximum absolute atomic E-state index is 11.5. The van der Waals surface area contributed by atoms with Crippen LogP contribution in [0.25, 0.3) is 0 Å². The fourth-order valence-corrected chi connectivity index (χ4v) is 0.983. The Morgan fingerprint density at radius 2 is 2.00 bits per heavy atom. The van der Waals surface area contributed by atoms with E-state index in [1.54, 1.807) is 0 Å². The third-order valence-corrected chi connectivity index (χ3v) is 2.03. The summed E-state index contributed by atoms with van der Waals surface area (Å²) < 4.78 is 0. The van der Waals surface area contributed by atoms with Crippen LogP contribution in [0.1, 0.15) is 47.0 Å². The zero-order valence-electron chi connectivity index (χ0n) is 9.59. The Bertz CT molecular complexity index is 194. The molecule has 0 aliphatic rings. The van der Waals surface area contributed by atoms with Gasteiger partial charge in [0.25, 0.3) is 0 Å². The van der Waals surface area contributed by atoms with Gasteiger partial charge in [0.1, 0.15) is 6.29 Å². The van der Waals surface area contributed by atoms with E-state index in [-0.39, 0.29) is 11.9 Å². The lowest BCUT2D eigenvalue weighted by molar-refractivity contribution is -0.130. The maximum atomic E-state index is 11.5. The van der Waals surface area contributed by atoms with Crippen molar-refractivity contribution in [2.24, 2.45) is 5.41 Å². The SMILES string of the molecule is CCCCC(C=O)NC(=O)C(C)(C)C. The zero-order valence-corrected chi connectivity index (χ0v) is 9.59. The molecule has 0 bridgehead atoms. The van der Waals surface area contributed by atoms with Crippen LogP contribution in [0.15, 0.2) is 0 Å². The van der Waals surface area contributed by atoms with Gasteiger partial charge in [-0.05, 0) is 6.42 Å². The van der Waals surface area contributed by atoms with Gasteiger partial charge in [0.2, 0.25) is 5.91 Å². The molecule has 1 unspecified atom stereocenters. The Morgan fingerprint density at radius 3 is 2.36 bits per heavy atom. The van der Waals surface area contributed by atoms with Gasteiger partial charge in [-0.2, -0.15) is 0 Å². The molecule has 1 amide bonds. The predicted octanol–water partition coefficient (Wildman–Crippen LogP) is 1.91. The summed E-state index contributed by atoms with van der Waals surface area (Å²) in [4.78, 5) is 22.2. The predicted molar refractivity (Wildman–Crippen MR) is 57.0 cm³/mol. The molecule has 0 aromatic heterocycles. The van der Waals surface area contributed by atoms with E-state index in [1.807, 2.05) is 20.8 Å². The number of hydrogen-bond acceptors (Lipinski definition) is 2. The Kier molecular flexibility index (Phi) is 5.43. The second-order valence-electron chi connectivity index (χ2n) is 4.61. The number of carbonyl (C=O) groups excluding carboxylic acids is 2. The summed E-state index contributed by atoms with van der Waals surface area (Å²) in [6, 6.07) is -0.318. The molecule has 0 heterocycles. The molecule has 3 heteroatoms. The first-order chi connectivity index (χ1) is 6.41. The highest BCUT2D eigenvalue weighted by molar-refractivity contribution is 5.84. The van der Waals surface area contributed by atoms with Crippen LogP contribution in [0.3, 0.4) is 0 Å². The van der Waals surface area contributed by atoms with Crippen molar-refractivity contribution in [1.29, 1.82) is 0 Å². The Balaban J connectivity index is 4.05. The summed E-state index contributed by atoms with van der Waals surface area (Å²) in [5.41, 5.74) is -0.423. The fourth-order valence-electron chi connectivity index (χ4n) is 0.983. The molecule has 3 nitrogen and oxygen atoms in total. The summed E-state index contributed by atoms with van der Waals surface area (Å²) >= 11 is 0. The fraction of sp³-hybridized carbons (Fsp3) is 0.818. The second kappa shape index (κ2) is 5.78. The van der Waals surface area contributed by atoms with Crippen LogP contribution in [0.2, 0.25) is 0 Å². The average Bonchev–Trinajstić information content (AvgIpc) is 2.10. The molecule has 1 N–H and O–H groups in total. The normalized spacial score (nSPS) is 13.4. The Morgan fingerprint density at radius 1 is 1.43 bits per heavy atom. The van der Waals surface area contributed by atoms with Crippen molar-refractivity contribution < 1.29 is 9.59 Å². The number of unbranched alkanes of at least 4 members (excludes halogenated alkanes) is 1. The highest BCUT2D eigenvalue weighted by atomic mass is 16.2. The number of aldehydes is 1. The first-order valence-electron chi connectivity index (χ1n) is 5.18. The van der Waals surface area contributed by atoms with Crippen molar-refractivity contribution in [3.63, 3.8) is 0 Å².